The summed E-state index contributed by atoms with van der Waals surface area (Å²) in [7, 11) is 0. The zero-order chi connectivity index (χ0) is 28.3. The Labute approximate surface area is 237 Å². The molecule has 0 unspecified atom stereocenters. The smallest absolute Gasteiger partial charge is 0.234 e. The van der Waals surface area contributed by atoms with Gasteiger partial charge in [-0.05, 0) is 52.5 Å². The summed E-state index contributed by atoms with van der Waals surface area (Å²) >= 11 is 1.41. The standard InChI is InChI=1S/C33H40N4OS/c1-21(2)26-13-11-14-27(22(3)4)30(26)34-29(38)20-39-32-36-35-31(37(32)28-15-10-9-12-23(28)5)24-16-18-25(19-17-24)33(6,7)8/h9-19,21-22H,20H2,1-8H3,(H,34,38). The highest BCUT2D eigenvalue weighted by Gasteiger charge is 2.21. The van der Waals surface area contributed by atoms with E-state index >= 15 is 0 Å². The van der Waals surface area contributed by atoms with E-state index in [9.17, 15) is 4.79 Å². The molecule has 0 atom stereocenters. The van der Waals surface area contributed by atoms with Crippen LogP contribution in [-0.2, 0) is 10.2 Å². The lowest BCUT2D eigenvalue weighted by Gasteiger charge is -2.20. The van der Waals surface area contributed by atoms with Crippen molar-refractivity contribution in [3.8, 4) is 17.1 Å². The van der Waals surface area contributed by atoms with Crippen LogP contribution in [0.2, 0.25) is 0 Å². The Kier molecular flexibility index (Phi) is 8.65. The Bertz CT molecular complexity index is 1420. The van der Waals surface area contributed by atoms with E-state index in [2.05, 4.69) is 130 Å². The maximum atomic E-state index is 13.3. The monoisotopic (exact) mass is 540 g/mol. The van der Waals surface area contributed by atoms with Gasteiger partial charge in [0.05, 0.1) is 11.4 Å². The van der Waals surface area contributed by atoms with Crippen LogP contribution in [-0.4, -0.2) is 26.4 Å². The van der Waals surface area contributed by atoms with E-state index in [0.717, 1.165) is 39.5 Å². The van der Waals surface area contributed by atoms with Gasteiger partial charge < -0.3 is 5.32 Å². The van der Waals surface area contributed by atoms with Gasteiger partial charge in [0.1, 0.15) is 0 Å². The van der Waals surface area contributed by atoms with Gasteiger partial charge in [-0.15, -0.1) is 10.2 Å². The van der Waals surface area contributed by atoms with Gasteiger partial charge in [-0.25, -0.2) is 0 Å². The molecule has 0 radical (unpaired) electrons. The second-order valence-corrected chi connectivity index (χ2v) is 12.7. The number of rotatable bonds is 8. The third-order valence-corrected chi connectivity index (χ3v) is 7.90. The third-order valence-electron chi connectivity index (χ3n) is 6.97. The second-order valence-electron chi connectivity index (χ2n) is 11.7. The van der Waals surface area contributed by atoms with Gasteiger partial charge in [0.15, 0.2) is 11.0 Å². The Morgan fingerprint density at radius 3 is 2.05 bits per heavy atom. The fraction of sp³-hybridized carbons (Fsp3) is 0.364. The van der Waals surface area contributed by atoms with Gasteiger partial charge in [-0.3, -0.25) is 9.36 Å². The molecule has 1 N–H and O–H groups in total. The van der Waals surface area contributed by atoms with Crippen molar-refractivity contribution in [3.63, 3.8) is 0 Å². The quantitative estimate of drug-likeness (QED) is 0.228. The SMILES string of the molecule is Cc1ccccc1-n1c(SCC(=O)Nc2c(C(C)C)cccc2C(C)C)nnc1-c1ccc(C(C)(C)C)cc1. The summed E-state index contributed by atoms with van der Waals surface area (Å²) in [6.45, 7) is 17.3. The summed E-state index contributed by atoms with van der Waals surface area (Å²) in [4.78, 5) is 13.3. The molecule has 204 valence electrons. The molecule has 1 amide bonds. The first-order valence-electron chi connectivity index (χ1n) is 13.6. The second kappa shape index (κ2) is 11.8. The summed E-state index contributed by atoms with van der Waals surface area (Å²) < 4.78 is 2.07. The van der Waals surface area contributed by atoms with Crippen molar-refractivity contribution in [2.45, 2.75) is 77.8 Å². The molecule has 5 nitrogen and oxygen atoms in total. The number of para-hydroxylation sites is 2. The van der Waals surface area contributed by atoms with Crippen LogP contribution in [0.3, 0.4) is 0 Å². The molecule has 0 saturated heterocycles. The minimum atomic E-state index is -0.0505. The minimum Gasteiger partial charge on any atom is -0.325 e. The highest BCUT2D eigenvalue weighted by molar-refractivity contribution is 7.99. The van der Waals surface area contributed by atoms with Crippen molar-refractivity contribution < 1.29 is 4.79 Å². The molecule has 1 aromatic heterocycles. The maximum Gasteiger partial charge on any atom is 0.234 e. The van der Waals surface area contributed by atoms with E-state index in [1.54, 1.807) is 0 Å². The maximum absolute atomic E-state index is 13.3. The zero-order valence-corrected chi connectivity index (χ0v) is 25.2. The summed E-state index contributed by atoms with van der Waals surface area (Å²) in [5.41, 5.74) is 7.70. The lowest BCUT2D eigenvalue weighted by atomic mass is 9.87. The third kappa shape index (κ3) is 6.44. The van der Waals surface area contributed by atoms with Crippen molar-refractivity contribution in [1.82, 2.24) is 14.8 Å². The molecule has 1 heterocycles. The molecule has 0 aliphatic rings. The van der Waals surface area contributed by atoms with Crippen LogP contribution in [0.5, 0.6) is 0 Å². The molecule has 4 aromatic rings. The van der Waals surface area contributed by atoms with Crippen molar-refractivity contribution in [1.29, 1.82) is 0 Å². The number of nitrogens with one attached hydrogen (secondary N) is 1. The summed E-state index contributed by atoms with van der Waals surface area (Å²) in [6, 6.07) is 23.0. The van der Waals surface area contributed by atoms with E-state index in [1.165, 1.54) is 17.3 Å². The first-order valence-corrected chi connectivity index (χ1v) is 14.6. The van der Waals surface area contributed by atoms with E-state index < -0.39 is 0 Å². The van der Waals surface area contributed by atoms with Gasteiger partial charge >= 0.3 is 0 Å². The molecule has 0 spiro atoms. The molecule has 0 fully saturated rings. The Morgan fingerprint density at radius 2 is 1.49 bits per heavy atom. The number of amides is 1. The predicted molar refractivity (Wildman–Crippen MR) is 164 cm³/mol. The molecule has 0 aliphatic heterocycles. The van der Waals surface area contributed by atoms with E-state index in [0.29, 0.717) is 17.0 Å². The number of carbonyl (C=O) groups is 1. The zero-order valence-electron chi connectivity index (χ0n) is 24.4. The number of nitrogens with zero attached hydrogens (tertiary/aromatic N) is 3. The number of aromatic nitrogens is 3. The van der Waals surface area contributed by atoms with Gasteiger partial charge in [0.2, 0.25) is 5.91 Å². The number of thioether (sulfide) groups is 1. The molecular weight excluding hydrogens is 500 g/mol. The van der Waals surface area contributed by atoms with E-state index in [1.807, 2.05) is 12.1 Å². The van der Waals surface area contributed by atoms with Crippen molar-refractivity contribution in [3.05, 3.63) is 89.0 Å². The number of hydrogen-bond acceptors (Lipinski definition) is 4. The Hall–Kier alpha value is -3.38. The fourth-order valence-corrected chi connectivity index (χ4v) is 5.45. The lowest BCUT2D eigenvalue weighted by molar-refractivity contribution is -0.113. The average Bonchev–Trinajstić information content (AvgIpc) is 3.31. The van der Waals surface area contributed by atoms with Gasteiger partial charge in [-0.2, -0.15) is 0 Å². The highest BCUT2D eigenvalue weighted by atomic mass is 32.2. The highest BCUT2D eigenvalue weighted by Crippen LogP contribution is 2.34. The van der Waals surface area contributed by atoms with Gasteiger partial charge in [0.25, 0.3) is 0 Å². The largest absolute Gasteiger partial charge is 0.325 e. The molecule has 0 aliphatic carbocycles. The van der Waals surface area contributed by atoms with E-state index in [4.69, 9.17) is 0 Å². The normalized spacial score (nSPS) is 11.8. The van der Waals surface area contributed by atoms with Crippen LogP contribution < -0.4 is 5.32 Å². The van der Waals surface area contributed by atoms with Crippen molar-refractivity contribution >= 4 is 23.4 Å². The first-order chi connectivity index (χ1) is 18.5. The number of anilines is 1. The topological polar surface area (TPSA) is 59.8 Å². The van der Waals surface area contributed by atoms with Crippen LogP contribution in [0.1, 0.15) is 82.6 Å². The molecular formula is C33H40N4OS. The summed E-state index contributed by atoms with van der Waals surface area (Å²) in [5.74, 6) is 1.56. The van der Waals surface area contributed by atoms with Crippen LogP contribution in [0, 0.1) is 6.92 Å². The summed E-state index contributed by atoms with van der Waals surface area (Å²) in [6.07, 6.45) is 0. The molecule has 0 bridgehead atoms. The molecule has 39 heavy (non-hydrogen) atoms. The fourth-order valence-electron chi connectivity index (χ4n) is 4.70. The number of hydrogen-bond donors (Lipinski definition) is 1. The minimum absolute atomic E-state index is 0.0505. The van der Waals surface area contributed by atoms with Crippen molar-refractivity contribution in [2.24, 2.45) is 0 Å². The predicted octanol–water partition coefficient (Wildman–Crippen LogP) is 8.52. The van der Waals surface area contributed by atoms with Crippen LogP contribution in [0.25, 0.3) is 17.1 Å². The molecule has 4 rings (SSSR count). The van der Waals surface area contributed by atoms with Crippen LogP contribution in [0.15, 0.2) is 71.9 Å². The average molecular weight is 541 g/mol. The van der Waals surface area contributed by atoms with Crippen LogP contribution in [0.4, 0.5) is 5.69 Å². The van der Waals surface area contributed by atoms with Crippen LogP contribution >= 0.6 is 11.8 Å². The Morgan fingerprint density at radius 1 is 0.872 bits per heavy atom. The molecule has 6 heteroatoms. The summed E-state index contributed by atoms with van der Waals surface area (Å²) in [5, 5.41) is 13.1. The Balaban J connectivity index is 1.65. The molecule has 3 aromatic carbocycles. The lowest BCUT2D eigenvalue weighted by Crippen LogP contribution is -2.18. The van der Waals surface area contributed by atoms with Gasteiger partial charge in [-0.1, -0.05) is 121 Å². The van der Waals surface area contributed by atoms with Gasteiger partial charge in [0, 0.05) is 11.3 Å². The van der Waals surface area contributed by atoms with E-state index in [-0.39, 0.29) is 17.1 Å². The van der Waals surface area contributed by atoms with Crippen molar-refractivity contribution in [2.75, 3.05) is 11.1 Å². The number of aryl methyl sites for hydroxylation is 1. The number of benzene rings is 3. The molecule has 0 saturated carbocycles. The number of carbonyl (C=O) groups excluding carboxylic acids is 1. The first kappa shape index (κ1) is 28.6.